The van der Waals surface area contributed by atoms with Crippen molar-refractivity contribution < 1.29 is 39.8 Å². The van der Waals surface area contributed by atoms with E-state index in [1.54, 1.807) is 6.08 Å². The van der Waals surface area contributed by atoms with E-state index in [-0.39, 0.29) is 12.5 Å². The van der Waals surface area contributed by atoms with Crippen molar-refractivity contribution in [2.45, 2.75) is 281 Å². The minimum Gasteiger partial charge on any atom is -0.394 e. The van der Waals surface area contributed by atoms with Gasteiger partial charge in [0.1, 0.15) is 24.4 Å². The van der Waals surface area contributed by atoms with Crippen molar-refractivity contribution >= 4 is 5.91 Å². The third-order valence-corrected chi connectivity index (χ3v) is 13.2. The molecule has 0 spiro atoms. The van der Waals surface area contributed by atoms with E-state index in [0.717, 1.165) is 83.5 Å². The molecule has 1 aliphatic heterocycles. The molecule has 1 rings (SSSR count). The number of carbonyl (C=O) groups is 1. The molecule has 0 radical (unpaired) electrons. The summed E-state index contributed by atoms with van der Waals surface area (Å²) in [6.45, 7) is 3.57. The summed E-state index contributed by atoms with van der Waals surface area (Å²) in [4.78, 5) is 12.9. The number of aliphatic hydroxyl groups is 5. The number of amides is 1. The van der Waals surface area contributed by atoms with Crippen LogP contribution in [-0.4, -0.2) is 87.5 Å². The van der Waals surface area contributed by atoms with Gasteiger partial charge in [0.15, 0.2) is 6.29 Å². The Morgan fingerprint density at radius 3 is 1.31 bits per heavy atom. The molecule has 1 fully saturated rings. The zero-order valence-corrected chi connectivity index (χ0v) is 44.7. The van der Waals surface area contributed by atoms with Crippen LogP contribution in [0.15, 0.2) is 85.1 Å². The Morgan fingerprint density at radius 2 is 0.886 bits per heavy atom. The molecule has 0 aromatic heterocycles. The molecule has 1 heterocycles. The predicted molar refractivity (Wildman–Crippen MR) is 295 cm³/mol. The highest BCUT2D eigenvalue weighted by Crippen LogP contribution is 2.23. The Morgan fingerprint density at radius 1 is 0.500 bits per heavy atom. The largest absolute Gasteiger partial charge is 0.394 e. The zero-order chi connectivity index (χ0) is 50.8. The van der Waals surface area contributed by atoms with Gasteiger partial charge in [-0.1, -0.05) is 247 Å². The molecule has 404 valence electrons. The summed E-state index contributed by atoms with van der Waals surface area (Å²) in [5.41, 5.74) is 0. The monoisotopic (exact) mass is 982 g/mol. The van der Waals surface area contributed by atoms with Crippen LogP contribution in [0.5, 0.6) is 0 Å². The SMILES string of the molecule is CC/C=C\C/C=C\C/C=C\C/C=C\C/C=C\C/C=C\CCCCCCCCCCCCCCCCCCCCCCCCC(=O)NC(COC1OC(CO)C(O)C(O)C1O)C(O)/C=C/CCCCCC. The predicted octanol–water partition coefficient (Wildman–Crippen LogP) is 14.2. The Labute approximate surface area is 429 Å². The first-order valence-corrected chi connectivity index (χ1v) is 28.8. The van der Waals surface area contributed by atoms with Gasteiger partial charge in [0.05, 0.1) is 25.4 Å². The van der Waals surface area contributed by atoms with Gasteiger partial charge in [-0.15, -0.1) is 0 Å². The zero-order valence-electron chi connectivity index (χ0n) is 44.7. The van der Waals surface area contributed by atoms with Gasteiger partial charge < -0.3 is 40.3 Å². The Hall–Kier alpha value is -2.63. The second-order valence-corrected chi connectivity index (χ2v) is 19.7. The fraction of sp³-hybridized carbons (Fsp3) is 0.754. The molecule has 1 aliphatic rings. The van der Waals surface area contributed by atoms with E-state index in [2.05, 4.69) is 92.1 Å². The molecule has 1 amide bonds. The lowest BCUT2D eigenvalue weighted by molar-refractivity contribution is -0.302. The summed E-state index contributed by atoms with van der Waals surface area (Å²) in [5, 5.41) is 53.9. The number of ether oxygens (including phenoxy) is 2. The van der Waals surface area contributed by atoms with E-state index in [0.29, 0.717) is 6.42 Å². The normalized spacial score (nSPS) is 20.0. The van der Waals surface area contributed by atoms with Crippen LogP contribution in [0.1, 0.15) is 239 Å². The van der Waals surface area contributed by atoms with Crippen molar-refractivity contribution in [3.05, 3.63) is 85.1 Å². The van der Waals surface area contributed by atoms with E-state index in [4.69, 9.17) is 9.47 Å². The standard InChI is InChI=1S/C61H107NO8/c1-3-5-7-9-11-12-13-14-15-16-17-18-19-20-21-22-23-24-25-26-27-28-29-30-31-32-33-34-35-36-37-38-39-40-41-42-43-44-45-47-49-51-57(65)62-54(55(64)50-48-46-10-8-6-4-2)53-69-61-60(68)59(67)58(66)56(52-63)70-61/h5,7,11-12,14-15,17-18,20-21,23-24,48,50,54-56,58-61,63-64,66-68H,3-4,6,8-10,13,16,19,22,25-47,49,51-53H2,1-2H3,(H,62,65)/b7-5-,12-11-,15-14-,18-17-,21-20-,24-23-,50-48+. The molecule has 0 aliphatic carbocycles. The van der Waals surface area contributed by atoms with E-state index in [1.807, 2.05) is 6.08 Å². The first-order valence-electron chi connectivity index (χ1n) is 28.8. The summed E-state index contributed by atoms with van der Waals surface area (Å²) < 4.78 is 11.2. The molecular weight excluding hydrogens is 875 g/mol. The second-order valence-electron chi connectivity index (χ2n) is 19.7. The molecule has 7 unspecified atom stereocenters. The fourth-order valence-electron chi connectivity index (χ4n) is 8.69. The molecule has 0 aromatic carbocycles. The molecule has 6 N–H and O–H groups in total. The lowest BCUT2D eigenvalue weighted by Crippen LogP contribution is -2.60. The van der Waals surface area contributed by atoms with Crippen molar-refractivity contribution in [2.75, 3.05) is 13.2 Å². The number of allylic oxidation sites excluding steroid dienone is 13. The molecule has 1 saturated heterocycles. The maximum atomic E-state index is 12.9. The molecule has 9 nitrogen and oxygen atoms in total. The van der Waals surface area contributed by atoms with Crippen molar-refractivity contribution in [1.82, 2.24) is 5.32 Å². The van der Waals surface area contributed by atoms with Crippen molar-refractivity contribution in [3.8, 4) is 0 Å². The number of hydrogen-bond donors (Lipinski definition) is 6. The molecular formula is C61H107NO8. The molecule has 0 saturated carbocycles. The Bertz CT molecular complexity index is 1370. The number of hydrogen-bond acceptors (Lipinski definition) is 8. The van der Waals surface area contributed by atoms with Gasteiger partial charge >= 0.3 is 0 Å². The number of aliphatic hydroxyl groups excluding tert-OH is 5. The third-order valence-electron chi connectivity index (χ3n) is 13.2. The highest BCUT2D eigenvalue weighted by molar-refractivity contribution is 5.76. The van der Waals surface area contributed by atoms with E-state index in [9.17, 15) is 30.3 Å². The summed E-state index contributed by atoms with van der Waals surface area (Å²) in [6, 6.07) is -0.802. The van der Waals surface area contributed by atoms with E-state index >= 15 is 0 Å². The van der Waals surface area contributed by atoms with Gasteiger partial charge in [0.2, 0.25) is 5.91 Å². The van der Waals surface area contributed by atoms with Crippen LogP contribution in [0, 0.1) is 0 Å². The van der Waals surface area contributed by atoms with Crippen LogP contribution in [0.25, 0.3) is 0 Å². The third kappa shape index (κ3) is 39.0. The van der Waals surface area contributed by atoms with Crippen molar-refractivity contribution in [3.63, 3.8) is 0 Å². The summed E-state index contributed by atoms with van der Waals surface area (Å²) in [5.74, 6) is -0.182. The minimum atomic E-state index is -1.56. The highest BCUT2D eigenvalue weighted by Gasteiger charge is 2.44. The van der Waals surface area contributed by atoms with Crippen LogP contribution in [0.4, 0.5) is 0 Å². The molecule has 7 atom stereocenters. The molecule has 70 heavy (non-hydrogen) atoms. The van der Waals surface area contributed by atoms with Crippen LogP contribution >= 0.6 is 0 Å². The number of nitrogens with one attached hydrogen (secondary N) is 1. The number of rotatable bonds is 48. The van der Waals surface area contributed by atoms with E-state index < -0.39 is 49.5 Å². The van der Waals surface area contributed by atoms with Gasteiger partial charge in [0.25, 0.3) is 0 Å². The van der Waals surface area contributed by atoms with Crippen LogP contribution < -0.4 is 5.32 Å². The topological polar surface area (TPSA) is 149 Å². The maximum Gasteiger partial charge on any atom is 0.220 e. The van der Waals surface area contributed by atoms with Crippen molar-refractivity contribution in [1.29, 1.82) is 0 Å². The first-order chi connectivity index (χ1) is 34.3. The second kappa shape index (κ2) is 49.9. The fourth-order valence-corrected chi connectivity index (χ4v) is 8.69. The van der Waals surface area contributed by atoms with Gasteiger partial charge in [0, 0.05) is 6.42 Å². The summed E-state index contributed by atoms with van der Waals surface area (Å²) in [7, 11) is 0. The summed E-state index contributed by atoms with van der Waals surface area (Å²) >= 11 is 0. The lowest BCUT2D eigenvalue weighted by Gasteiger charge is -2.40. The van der Waals surface area contributed by atoms with Crippen LogP contribution in [0.2, 0.25) is 0 Å². The smallest absolute Gasteiger partial charge is 0.220 e. The maximum absolute atomic E-state index is 12.9. The van der Waals surface area contributed by atoms with Gasteiger partial charge in [-0.2, -0.15) is 0 Å². The number of unbranched alkanes of at least 4 members (excludes halogenated alkanes) is 26. The summed E-state index contributed by atoms with van der Waals surface area (Å²) in [6.07, 6.45) is 64.4. The highest BCUT2D eigenvalue weighted by atomic mass is 16.7. The number of carbonyl (C=O) groups excluding carboxylic acids is 1. The van der Waals surface area contributed by atoms with Crippen LogP contribution in [-0.2, 0) is 14.3 Å². The Kier molecular flexibility index (Phi) is 46.6. The van der Waals surface area contributed by atoms with E-state index in [1.165, 1.54) is 135 Å². The average Bonchev–Trinajstić information content (AvgIpc) is 3.36. The van der Waals surface area contributed by atoms with Gasteiger partial charge in [-0.25, -0.2) is 0 Å². The molecule has 0 aromatic rings. The van der Waals surface area contributed by atoms with Crippen LogP contribution in [0.3, 0.4) is 0 Å². The van der Waals surface area contributed by atoms with Gasteiger partial charge in [-0.3, -0.25) is 4.79 Å². The van der Waals surface area contributed by atoms with Crippen molar-refractivity contribution in [2.24, 2.45) is 0 Å². The quantitative estimate of drug-likeness (QED) is 0.0261. The average molecular weight is 983 g/mol. The minimum absolute atomic E-state index is 0.182. The Balaban J connectivity index is 1.96. The molecule has 9 heteroatoms. The molecule has 0 bridgehead atoms. The lowest BCUT2D eigenvalue weighted by atomic mass is 9.99. The van der Waals surface area contributed by atoms with Gasteiger partial charge in [-0.05, 0) is 70.6 Å². The first kappa shape index (κ1) is 65.4.